The van der Waals surface area contributed by atoms with Crippen LogP contribution in [0.15, 0.2) is 24.3 Å². The number of rotatable bonds is 8. The van der Waals surface area contributed by atoms with Crippen molar-refractivity contribution in [1.82, 2.24) is 20.5 Å². The molecule has 1 aliphatic heterocycles. The van der Waals surface area contributed by atoms with Gasteiger partial charge in [0.05, 0.1) is 6.04 Å². The third kappa shape index (κ3) is 5.49. The Balaban J connectivity index is 1.40. The highest BCUT2D eigenvalue weighted by Gasteiger charge is 2.69. The van der Waals surface area contributed by atoms with E-state index in [1.807, 2.05) is 39.0 Å². The zero-order chi connectivity index (χ0) is 29.9. The molecular formula is C29H40N4O7S. The maximum Gasteiger partial charge on any atom is 0.294 e. The van der Waals surface area contributed by atoms with E-state index in [0.29, 0.717) is 12.2 Å². The number of likely N-dealkylation sites (tertiary alicyclic amines) is 1. The quantitative estimate of drug-likeness (QED) is 0.295. The summed E-state index contributed by atoms with van der Waals surface area (Å²) in [6.07, 6.45) is 4.52. The van der Waals surface area contributed by atoms with E-state index in [1.165, 1.54) is 11.8 Å². The van der Waals surface area contributed by atoms with Gasteiger partial charge in [-0.3, -0.25) is 18.9 Å². The SMILES string of the molecule is Cc1cccc2[nH]c(C(=O)N[C@H](C(=O)N3C[C@H]4[C@@H]([C@H]3C(=O)N[C@@H](C)C(O)S(=O)(=O)O)C4(C)C)C3CCCCC3)cc12. The van der Waals surface area contributed by atoms with E-state index in [1.54, 1.807) is 6.07 Å². The minimum atomic E-state index is -4.80. The average Bonchev–Trinajstić information content (AvgIpc) is 3.31. The number of H-pyrrole nitrogens is 1. The molecule has 0 bridgehead atoms. The Labute approximate surface area is 240 Å². The van der Waals surface area contributed by atoms with Crippen LogP contribution in [0.1, 0.15) is 68.9 Å². The number of piperidine rings is 1. The lowest BCUT2D eigenvalue weighted by atomic mass is 9.83. The van der Waals surface area contributed by atoms with Gasteiger partial charge in [0.15, 0.2) is 0 Å². The van der Waals surface area contributed by atoms with Gasteiger partial charge >= 0.3 is 0 Å². The van der Waals surface area contributed by atoms with Gasteiger partial charge in [0.2, 0.25) is 17.3 Å². The molecule has 2 aromatic rings. The van der Waals surface area contributed by atoms with Gasteiger partial charge in [-0.25, -0.2) is 0 Å². The summed E-state index contributed by atoms with van der Waals surface area (Å²) in [5.41, 5.74) is -0.186. The first-order valence-electron chi connectivity index (χ1n) is 14.4. The Morgan fingerprint density at radius 2 is 1.80 bits per heavy atom. The largest absolute Gasteiger partial charge is 0.374 e. The van der Waals surface area contributed by atoms with E-state index < -0.39 is 39.6 Å². The first-order valence-corrected chi connectivity index (χ1v) is 15.9. The standard InChI is InChI=1S/C29H40N4O7S/c1-15-9-8-12-20-18(15)13-21(31-20)25(34)32-23(17-10-6-5-7-11-17)27(36)33-14-19-22(29(19,3)4)24(33)26(35)30-16(2)28(37)41(38,39)40/h8-9,12-13,16-17,19,22-24,28,31,37H,5-7,10-11,14H2,1-4H3,(H,30,35)(H,32,34)(H,38,39,40)/t16-,19-,22-,23-,24-,28?/m0/s1. The van der Waals surface area contributed by atoms with E-state index in [4.69, 9.17) is 0 Å². The predicted octanol–water partition coefficient (Wildman–Crippen LogP) is 2.35. The molecule has 5 N–H and O–H groups in total. The van der Waals surface area contributed by atoms with E-state index >= 15 is 0 Å². The van der Waals surface area contributed by atoms with Crippen molar-refractivity contribution in [2.45, 2.75) is 83.4 Å². The number of aliphatic hydroxyl groups excluding tert-OH is 1. The van der Waals surface area contributed by atoms with Crippen molar-refractivity contribution in [3.63, 3.8) is 0 Å². The molecule has 3 fully saturated rings. The molecule has 1 unspecified atom stereocenters. The van der Waals surface area contributed by atoms with Crippen LogP contribution < -0.4 is 10.6 Å². The monoisotopic (exact) mass is 588 g/mol. The second kappa shape index (κ2) is 10.7. The van der Waals surface area contributed by atoms with Gasteiger partial charge in [-0.15, -0.1) is 0 Å². The molecule has 224 valence electrons. The molecule has 2 aliphatic carbocycles. The van der Waals surface area contributed by atoms with Gasteiger partial charge in [0.1, 0.15) is 17.8 Å². The minimum absolute atomic E-state index is 0.0726. The highest BCUT2D eigenvalue weighted by Crippen LogP contribution is 2.65. The summed E-state index contributed by atoms with van der Waals surface area (Å²) in [6, 6.07) is 4.54. The van der Waals surface area contributed by atoms with Crippen molar-refractivity contribution in [2.24, 2.45) is 23.2 Å². The van der Waals surface area contributed by atoms with Crippen LogP contribution in [0, 0.1) is 30.1 Å². The van der Waals surface area contributed by atoms with Crippen LogP contribution in [0.4, 0.5) is 0 Å². The molecule has 1 aromatic carbocycles. The van der Waals surface area contributed by atoms with Gasteiger partial charge in [-0.05, 0) is 67.6 Å². The number of carbonyl (C=O) groups is 3. The summed E-state index contributed by atoms with van der Waals surface area (Å²) in [5.74, 6) is -1.47. The summed E-state index contributed by atoms with van der Waals surface area (Å²) in [4.78, 5) is 45.9. The molecule has 3 amide bonds. The molecule has 6 atom stereocenters. The molecule has 12 heteroatoms. The Bertz CT molecular complexity index is 1460. The molecule has 11 nitrogen and oxygen atoms in total. The molecule has 1 saturated heterocycles. The third-order valence-corrected chi connectivity index (χ3v) is 10.7. The second-order valence-corrected chi connectivity index (χ2v) is 14.2. The van der Waals surface area contributed by atoms with Crippen molar-refractivity contribution in [3.05, 3.63) is 35.5 Å². The number of carbonyl (C=O) groups excluding carboxylic acids is 3. The Morgan fingerprint density at radius 3 is 2.44 bits per heavy atom. The van der Waals surface area contributed by atoms with Crippen molar-refractivity contribution in [2.75, 3.05) is 6.54 Å². The number of fused-ring (bicyclic) bond motifs is 2. The molecular weight excluding hydrogens is 548 g/mol. The first kappa shape index (κ1) is 29.5. The number of aliphatic hydroxyl groups is 1. The van der Waals surface area contributed by atoms with E-state index in [-0.39, 0.29) is 35.0 Å². The van der Waals surface area contributed by atoms with Crippen LogP contribution in [0.5, 0.6) is 0 Å². The zero-order valence-corrected chi connectivity index (χ0v) is 24.7. The third-order valence-electron chi connectivity index (χ3n) is 9.66. The number of amides is 3. The fraction of sp³-hybridized carbons (Fsp3) is 0.621. The van der Waals surface area contributed by atoms with Gasteiger partial charge in [0.25, 0.3) is 16.0 Å². The maximum atomic E-state index is 14.2. The Hall–Kier alpha value is -2.96. The van der Waals surface area contributed by atoms with Crippen molar-refractivity contribution in [3.8, 4) is 0 Å². The summed E-state index contributed by atoms with van der Waals surface area (Å²) < 4.78 is 32.1. The van der Waals surface area contributed by atoms with Crippen molar-refractivity contribution >= 4 is 38.7 Å². The van der Waals surface area contributed by atoms with E-state index in [2.05, 4.69) is 15.6 Å². The van der Waals surface area contributed by atoms with Crippen LogP contribution in [-0.2, 0) is 19.7 Å². The molecule has 41 heavy (non-hydrogen) atoms. The highest BCUT2D eigenvalue weighted by molar-refractivity contribution is 7.86. The van der Waals surface area contributed by atoms with Gasteiger partial charge < -0.3 is 25.6 Å². The molecule has 0 radical (unpaired) electrons. The summed E-state index contributed by atoms with van der Waals surface area (Å²) in [5, 5.41) is 16.4. The molecule has 2 heterocycles. The van der Waals surface area contributed by atoms with Crippen LogP contribution in [-0.4, -0.2) is 75.8 Å². The minimum Gasteiger partial charge on any atom is -0.374 e. The zero-order valence-electron chi connectivity index (χ0n) is 23.9. The number of benzene rings is 1. The topological polar surface area (TPSA) is 169 Å². The Morgan fingerprint density at radius 1 is 1.12 bits per heavy atom. The number of hydrogen-bond acceptors (Lipinski definition) is 6. The lowest BCUT2D eigenvalue weighted by Crippen LogP contribution is -2.59. The number of aryl methyl sites for hydroxylation is 1. The number of aromatic amines is 1. The Kier molecular flexibility index (Phi) is 7.71. The molecule has 5 rings (SSSR count). The molecule has 3 aliphatic rings. The average molecular weight is 589 g/mol. The second-order valence-electron chi connectivity index (χ2n) is 12.7. The van der Waals surface area contributed by atoms with Crippen LogP contribution >= 0.6 is 0 Å². The number of aromatic nitrogens is 1. The lowest BCUT2D eigenvalue weighted by molar-refractivity contribution is -0.143. The highest BCUT2D eigenvalue weighted by atomic mass is 32.2. The van der Waals surface area contributed by atoms with E-state index in [0.717, 1.165) is 48.6 Å². The number of nitrogens with zero attached hydrogens (tertiary/aromatic N) is 1. The smallest absolute Gasteiger partial charge is 0.294 e. The van der Waals surface area contributed by atoms with Crippen molar-refractivity contribution in [1.29, 1.82) is 0 Å². The first-order chi connectivity index (χ1) is 19.2. The fourth-order valence-corrected chi connectivity index (χ4v) is 7.71. The molecule has 0 spiro atoms. The fourth-order valence-electron chi connectivity index (χ4n) is 7.13. The van der Waals surface area contributed by atoms with Gasteiger partial charge in [-0.1, -0.05) is 45.2 Å². The lowest BCUT2D eigenvalue weighted by Gasteiger charge is -2.37. The normalized spacial score (nSPS) is 26.2. The molecule has 2 saturated carbocycles. The summed E-state index contributed by atoms with van der Waals surface area (Å²) >= 11 is 0. The molecule has 1 aromatic heterocycles. The number of hydrogen-bond donors (Lipinski definition) is 5. The predicted molar refractivity (Wildman–Crippen MR) is 152 cm³/mol. The van der Waals surface area contributed by atoms with Gasteiger partial charge in [0, 0.05) is 17.4 Å². The summed E-state index contributed by atoms with van der Waals surface area (Å²) in [7, 11) is -4.80. The van der Waals surface area contributed by atoms with Crippen LogP contribution in [0.2, 0.25) is 0 Å². The van der Waals surface area contributed by atoms with E-state index in [9.17, 15) is 32.5 Å². The number of nitrogens with one attached hydrogen (secondary N) is 3. The van der Waals surface area contributed by atoms with Crippen LogP contribution in [0.3, 0.4) is 0 Å². The van der Waals surface area contributed by atoms with Gasteiger partial charge in [-0.2, -0.15) is 8.42 Å². The van der Waals surface area contributed by atoms with Crippen molar-refractivity contribution < 1.29 is 32.5 Å². The van der Waals surface area contributed by atoms with Crippen LogP contribution in [0.25, 0.3) is 10.9 Å². The summed E-state index contributed by atoms with van der Waals surface area (Å²) in [6.45, 7) is 7.64. The maximum absolute atomic E-state index is 14.2.